The predicted octanol–water partition coefficient (Wildman–Crippen LogP) is 5.18. The molecule has 4 aromatic rings. The molecule has 2 heterocycles. The number of thioether (sulfide) groups is 1. The number of amides is 1. The van der Waals surface area contributed by atoms with Gasteiger partial charge in [-0.15, -0.1) is 0 Å². The van der Waals surface area contributed by atoms with E-state index in [9.17, 15) is 9.59 Å². The number of halogens is 1. The average molecular weight is 552 g/mol. The monoisotopic (exact) mass is 551 g/mol. The van der Waals surface area contributed by atoms with Gasteiger partial charge in [0.1, 0.15) is 5.75 Å². The number of nitrogens with one attached hydrogen (secondary N) is 1. The molecular formula is C28H26ClN3O5S. The van der Waals surface area contributed by atoms with Crippen molar-refractivity contribution in [2.24, 2.45) is 0 Å². The number of methoxy groups -OCH3 is 1. The predicted molar refractivity (Wildman–Crippen MR) is 147 cm³/mol. The molecule has 196 valence electrons. The molecular weight excluding hydrogens is 526 g/mol. The van der Waals surface area contributed by atoms with Crippen LogP contribution in [0.25, 0.3) is 10.9 Å². The summed E-state index contributed by atoms with van der Waals surface area (Å²) in [5, 5.41) is 4.60. The van der Waals surface area contributed by atoms with Crippen molar-refractivity contribution in [3.63, 3.8) is 0 Å². The van der Waals surface area contributed by atoms with Crippen LogP contribution in [0.5, 0.6) is 17.2 Å². The van der Waals surface area contributed by atoms with E-state index in [1.165, 1.54) is 11.8 Å². The second-order valence-electron chi connectivity index (χ2n) is 8.72. The van der Waals surface area contributed by atoms with E-state index in [-0.39, 0.29) is 24.7 Å². The van der Waals surface area contributed by atoms with Crippen molar-refractivity contribution in [3.05, 3.63) is 87.2 Å². The van der Waals surface area contributed by atoms with Gasteiger partial charge in [-0.3, -0.25) is 14.2 Å². The minimum absolute atomic E-state index is 0.0842. The Balaban J connectivity index is 1.30. The Labute approximate surface area is 228 Å². The number of carbonyl (C=O) groups is 1. The van der Waals surface area contributed by atoms with Crippen molar-refractivity contribution in [1.82, 2.24) is 14.9 Å². The maximum absolute atomic E-state index is 13.5. The van der Waals surface area contributed by atoms with Crippen LogP contribution in [0.4, 0.5) is 0 Å². The number of hydrogen-bond donors (Lipinski definition) is 1. The molecule has 0 saturated carbocycles. The first-order chi connectivity index (χ1) is 18.5. The minimum Gasteiger partial charge on any atom is -0.497 e. The van der Waals surface area contributed by atoms with Gasteiger partial charge in [0.2, 0.25) is 12.7 Å². The molecule has 0 spiro atoms. The number of aromatic nitrogens is 2. The zero-order chi connectivity index (χ0) is 26.5. The zero-order valence-corrected chi connectivity index (χ0v) is 22.3. The van der Waals surface area contributed by atoms with Crippen molar-refractivity contribution in [1.29, 1.82) is 0 Å². The zero-order valence-electron chi connectivity index (χ0n) is 20.7. The van der Waals surface area contributed by atoms with E-state index in [4.69, 9.17) is 30.8 Å². The summed E-state index contributed by atoms with van der Waals surface area (Å²) in [5.41, 5.74) is 2.36. The first-order valence-corrected chi connectivity index (χ1v) is 13.5. The molecule has 3 aromatic carbocycles. The maximum Gasteiger partial charge on any atom is 0.262 e. The van der Waals surface area contributed by atoms with Crippen LogP contribution in [0.15, 0.2) is 70.6 Å². The quantitative estimate of drug-likeness (QED) is 0.214. The van der Waals surface area contributed by atoms with Crippen LogP contribution in [0, 0.1) is 0 Å². The van der Waals surface area contributed by atoms with E-state index in [0.717, 1.165) is 16.9 Å². The summed E-state index contributed by atoms with van der Waals surface area (Å²) in [4.78, 5) is 30.8. The first-order valence-electron chi connectivity index (χ1n) is 12.1. The molecule has 1 aliphatic rings. The molecule has 0 aliphatic carbocycles. The molecule has 1 aliphatic heterocycles. The highest BCUT2D eigenvalue weighted by Crippen LogP contribution is 2.35. The molecule has 0 unspecified atom stereocenters. The number of ether oxygens (including phenoxy) is 3. The Bertz CT molecular complexity index is 1520. The van der Waals surface area contributed by atoms with Crippen LogP contribution in [0.2, 0.25) is 5.02 Å². The third kappa shape index (κ3) is 6.06. The summed E-state index contributed by atoms with van der Waals surface area (Å²) in [7, 11) is 1.61. The molecule has 1 amide bonds. The van der Waals surface area contributed by atoms with Crippen LogP contribution in [-0.2, 0) is 23.6 Å². The van der Waals surface area contributed by atoms with Gasteiger partial charge in [0.25, 0.3) is 5.56 Å². The lowest BCUT2D eigenvalue weighted by molar-refractivity contribution is -0.121. The normalized spacial score (nSPS) is 12.1. The molecule has 8 nitrogen and oxygen atoms in total. The summed E-state index contributed by atoms with van der Waals surface area (Å²) in [5.74, 6) is 2.37. The SMILES string of the molecule is COc1ccc(CNC(=O)CCCn2c(SCc3cccc(Cl)c3)nc3cc4c(cc3c2=O)OCO4)cc1. The molecule has 10 heteroatoms. The van der Waals surface area contributed by atoms with Crippen molar-refractivity contribution in [2.75, 3.05) is 13.9 Å². The smallest absolute Gasteiger partial charge is 0.262 e. The molecule has 5 rings (SSSR count). The largest absolute Gasteiger partial charge is 0.497 e. The van der Waals surface area contributed by atoms with Crippen molar-refractivity contribution < 1.29 is 19.0 Å². The minimum atomic E-state index is -0.180. The number of hydrogen-bond acceptors (Lipinski definition) is 7. The highest BCUT2D eigenvalue weighted by molar-refractivity contribution is 7.98. The summed E-state index contributed by atoms with van der Waals surface area (Å²) >= 11 is 7.59. The third-order valence-electron chi connectivity index (χ3n) is 6.10. The van der Waals surface area contributed by atoms with Gasteiger partial charge in [0.05, 0.1) is 18.0 Å². The van der Waals surface area contributed by atoms with E-state index >= 15 is 0 Å². The maximum atomic E-state index is 13.5. The summed E-state index contributed by atoms with van der Waals surface area (Å²) < 4.78 is 17.7. The fourth-order valence-corrected chi connectivity index (χ4v) is 5.28. The molecule has 38 heavy (non-hydrogen) atoms. The number of carbonyl (C=O) groups excluding carboxylic acids is 1. The number of benzene rings is 3. The fourth-order valence-electron chi connectivity index (χ4n) is 4.10. The van der Waals surface area contributed by atoms with Crippen LogP contribution in [-0.4, -0.2) is 29.4 Å². The van der Waals surface area contributed by atoms with Crippen LogP contribution >= 0.6 is 23.4 Å². The highest BCUT2D eigenvalue weighted by atomic mass is 35.5. The van der Waals surface area contributed by atoms with Gasteiger partial charge in [-0.25, -0.2) is 4.98 Å². The topological polar surface area (TPSA) is 91.7 Å². The summed E-state index contributed by atoms with van der Waals surface area (Å²) in [6.07, 6.45) is 0.761. The molecule has 0 radical (unpaired) electrons. The van der Waals surface area contributed by atoms with Crippen LogP contribution < -0.4 is 25.1 Å². The lowest BCUT2D eigenvalue weighted by Gasteiger charge is -2.14. The van der Waals surface area contributed by atoms with Gasteiger partial charge < -0.3 is 19.5 Å². The molecule has 0 saturated heterocycles. The number of fused-ring (bicyclic) bond motifs is 2. The van der Waals surface area contributed by atoms with Gasteiger partial charge in [-0.2, -0.15) is 0 Å². The van der Waals surface area contributed by atoms with E-state index < -0.39 is 0 Å². The van der Waals surface area contributed by atoms with Crippen molar-refractivity contribution in [2.45, 2.75) is 36.8 Å². The van der Waals surface area contributed by atoms with Gasteiger partial charge in [0, 0.05) is 36.4 Å². The highest BCUT2D eigenvalue weighted by Gasteiger charge is 2.19. The van der Waals surface area contributed by atoms with Crippen LogP contribution in [0.1, 0.15) is 24.0 Å². The number of nitrogens with zero attached hydrogens (tertiary/aromatic N) is 2. The van der Waals surface area contributed by atoms with E-state index in [2.05, 4.69) is 5.32 Å². The summed E-state index contributed by atoms with van der Waals surface area (Å²) in [6.45, 7) is 0.889. The fraction of sp³-hybridized carbons (Fsp3) is 0.250. The Hall–Kier alpha value is -3.69. The molecule has 1 aromatic heterocycles. The average Bonchev–Trinajstić information content (AvgIpc) is 3.39. The van der Waals surface area contributed by atoms with Gasteiger partial charge >= 0.3 is 0 Å². The first kappa shape index (κ1) is 25.9. The van der Waals surface area contributed by atoms with Crippen molar-refractivity contribution in [3.8, 4) is 17.2 Å². The summed E-state index contributed by atoms with van der Waals surface area (Å²) in [6, 6.07) is 18.5. The Morgan fingerprint density at radius 3 is 2.66 bits per heavy atom. The Morgan fingerprint density at radius 2 is 1.89 bits per heavy atom. The Kier molecular flexibility index (Phi) is 8.05. The van der Waals surface area contributed by atoms with E-state index in [1.54, 1.807) is 23.8 Å². The molecule has 0 atom stereocenters. The Morgan fingerprint density at radius 1 is 1.11 bits per heavy atom. The third-order valence-corrected chi connectivity index (χ3v) is 7.39. The number of rotatable bonds is 10. The standard InChI is InChI=1S/C28H26ClN3O5S/c1-35-21-9-7-18(8-10-21)15-30-26(33)6-3-11-32-27(34)22-13-24-25(37-17-36-24)14-23(22)31-28(32)38-16-19-4-2-5-20(29)12-19/h2,4-5,7-10,12-14H,3,6,11,15-17H2,1H3,(H,30,33). The molecule has 0 fully saturated rings. The van der Waals surface area contributed by atoms with E-state index in [0.29, 0.717) is 57.8 Å². The van der Waals surface area contributed by atoms with Crippen LogP contribution in [0.3, 0.4) is 0 Å². The second kappa shape index (κ2) is 11.8. The lowest BCUT2D eigenvalue weighted by atomic mass is 10.2. The second-order valence-corrected chi connectivity index (χ2v) is 10.1. The van der Waals surface area contributed by atoms with Gasteiger partial charge in [-0.1, -0.05) is 47.6 Å². The van der Waals surface area contributed by atoms with Crippen molar-refractivity contribution >= 4 is 40.2 Å². The molecule has 0 bridgehead atoms. The van der Waals surface area contributed by atoms with E-state index in [1.807, 2.05) is 48.5 Å². The van der Waals surface area contributed by atoms with Gasteiger partial charge in [-0.05, 0) is 47.9 Å². The molecule has 1 N–H and O–H groups in total. The van der Waals surface area contributed by atoms with Gasteiger partial charge in [0.15, 0.2) is 16.7 Å². The lowest BCUT2D eigenvalue weighted by Crippen LogP contribution is -2.26.